The summed E-state index contributed by atoms with van der Waals surface area (Å²) in [5, 5.41) is 12.0. The molecule has 1 atom stereocenters. The number of likely N-dealkylation sites (tertiary alicyclic amines) is 1. The van der Waals surface area contributed by atoms with Gasteiger partial charge in [-0.25, -0.2) is 4.79 Å². The minimum absolute atomic E-state index is 0.0871. The Labute approximate surface area is 121 Å². The van der Waals surface area contributed by atoms with Crippen LogP contribution in [-0.4, -0.2) is 40.4 Å². The average Bonchev–Trinajstić information content (AvgIpc) is 2.85. The normalized spacial score (nSPS) is 20.9. The number of anilines is 1. The number of nitrogens with one attached hydrogen (secondary N) is 1. The highest BCUT2D eigenvalue weighted by atomic mass is 16.4. The predicted octanol–water partition coefficient (Wildman–Crippen LogP) is 1.26. The van der Waals surface area contributed by atoms with E-state index < -0.39 is 12.0 Å². The highest BCUT2D eigenvalue weighted by Gasteiger charge is 2.33. The fourth-order valence-corrected chi connectivity index (χ4v) is 2.96. The van der Waals surface area contributed by atoms with Crippen LogP contribution in [0.2, 0.25) is 0 Å². The van der Waals surface area contributed by atoms with Crippen molar-refractivity contribution in [2.24, 2.45) is 0 Å². The first-order chi connectivity index (χ1) is 10.1. The average molecular weight is 288 g/mol. The molecule has 1 fully saturated rings. The third-order valence-electron chi connectivity index (χ3n) is 4.03. The molecule has 6 heteroatoms. The Balaban J connectivity index is 1.86. The second kappa shape index (κ2) is 5.20. The largest absolute Gasteiger partial charge is 0.480 e. The number of carbonyl (C=O) groups excluding carboxylic acids is 2. The lowest BCUT2D eigenvalue weighted by Gasteiger charge is -2.33. The molecular formula is C15H16N2O4. The summed E-state index contributed by atoms with van der Waals surface area (Å²) in [6.45, 7) is 0.462. The Morgan fingerprint density at radius 1 is 1.29 bits per heavy atom. The summed E-state index contributed by atoms with van der Waals surface area (Å²) in [6.07, 6.45) is 2.40. The van der Waals surface area contributed by atoms with Crippen LogP contribution in [0.4, 0.5) is 5.69 Å². The van der Waals surface area contributed by atoms with Crippen LogP contribution in [0.5, 0.6) is 0 Å². The van der Waals surface area contributed by atoms with Gasteiger partial charge in [-0.2, -0.15) is 0 Å². The van der Waals surface area contributed by atoms with Gasteiger partial charge in [-0.3, -0.25) is 9.59 Å². The number of rotatable bonds is 2. The van der Waals surface area contributed by atoms with E-state index in [4.69, 9.17) is 0 Å². The molecule has 1 aromatic rings. The summed E-state index contributed by atoms with van der Waals surface area (Å²) in [7, 11) is 0. The van der Waals surface area contributed by atoms with Gasteiger partial charge < -0.3 is 15.3 Å². The van der Waals surface area contributed by atoms with Gasteiger partial charge >= 0.3 is 5.97 Å². The quantitative estimate of drug-likeness (QED) is 0.857. The van der Waals surface area contributed by atoms with Gasteiger partial charge in [0.05, 0.1) is 6.42 Å². The Morgan fingerprint density at radius 2 is 2.10 bits per heavy atom. The second-order valence-electron chi connectivity index (χ2n) is 5.45. The zero-order chi connectivity index (χ0) is 15.0. The summed E-state index contributed by atoms with van der Waals surface area (Å²) >= 11 is 0. The maximum atomic E-state index is 12.6. The van der Waals surface area contributed by atoms with Gasteiger partial charge in [-0.05, 0) is 43.0 Å². The van der Waals surface area contributed by atoms with Gasteiger partial charge in [0.15, 0.2) is 0 Å². The summed E-state index contributed by atoms with van der Waals surface area (Å²) in [6, 6.07) is 4.27. The number of aliphatic carboxylic acids is 1. The summed E-state index contributed by atoms with van der Waals surface area (Å²) in [5.41, 5.74) is 1.96. The molecule has 2 N–H and O–H groups in total. The van der Waals surface area contributed by atoms with Crippen LogP contribution in [0.25, 0.3) is 0 Å². The van der Waals surface area contributed by atoms with Crippen molar-refractivity contribution in [3.63, 3.8) is 0 Å². The zero-order valence-corrected chi connectivity index (χ0v) is 11.5. The van der Waals surface area contributed by atoms with Gasteiger partial charge in [0.2, 0.25) is 5.91 Å². The van der Waals surface area contributed by atoms with Gasteiger partial charge in [-0.15, -0.1) is 0 Å². The monoisotopic (exact) mass is 288 g/mol. The van der Waals surface area contributed by atoms with Gasteiger partial charge in [0, 0.05) is 17.8 Å². The smallest absolute Gasteiger partial charge is 0.326 e. The molecule has 0 spiro atoms. The maximum Gasteiger partial charge on any atom is 0.326 e. The topological polar surface area (TPSA) is 86.7 Å². The molecule has 0 aliphatic carbocycles. The van der Waals surface area contributed by atoms with Crippen LogP contribution in [0.1, 0.15) is 35.2 Å². The van der Waals surface area contributed by atoms with E-state index in [1.54, 1.807) is 18.2 Å². The number of benzene rings is 1. The predicted molar refractivity (Wildman–Crippen MR) is 75.1 cm³/mol. The molecule has 2 heterocycles. The van der Waals surface area contributed by atoms with Crippen LogP contribution < -0.4 is 5.32 Å². The molecule has 0 unspecified atom stereocenters. The molecule has 2 aliphatic heterocycles. The molecule has 21 heavy (non-hydrogen) atoms. The van der Waals surface area contributed by atoms with E-state index in [1.807, 2.05) is 0 Å². The van der Waals surface area contributed by atoms with E-state index >= 15 is 0 Å². The third-order valence-corrected chi connectivity index (χ3v) is 4.03. The molecule has 0 saturated carbocycles. The van der Waals surface area contributed by atoms with Crippen molar-refractivity contribution in [3.8, 4) is 0 Å². The highest BCUT2D eigenvalue weighted by Crippen LogP contribution is 2.26. The molecule has 3 rings (SSSR count). The van der Waals surface area contributed by atoms with Gasteiger partial charge in [0.1, 0.15) is 6.04 Å². The van der Waals surface area contributed by atoms with E-state index in [9.17, 15) is 19.5 Å². The Hall–Kier alpha value is -2.37. The zero-order valence-electron chi connectivity index (χ0n) is 11.5. The van der Waals surface area contributed by atoms with E-state index in [0.717, 1.165) is 24.1 Å². The van der Waals surface area contributed by atoms with Crippen molar-refractivity contribution >= 4 is 23.5 Å². The lowest BCUT2D eigenvalue weighted by molar-refractivity contribution is -0.143. The Kier molecular flexibility index (Phi) is 3.37. The number of hydrogen-bond acceptors (Lipinski definition) is 3. The molecule has 6 nitrogen and oxygen atoms in total. The fraction of sp³-hybridized carbons (Fsp3) is 0.400. The van der Waals surface area contributed by atoms with Crippen molar-refractivity contribution in [2.75, 3.05) is 11.9 Å². The number of fused-ring (bicyclic) bond motifs is 1. The Bertz CT molecular complexity index is 626. The number of amides is 2. The number of piperidine rings is 1. The first-order valence-electron chi connectivity index (χ1n) is 7.03. The maximum absolute atomic E-state index is 12.6. The lowest BCUT2D eigenvalue weighted by Crippen LogP contribution is -2.48. The highest BCUT2D eigenvalue weighted by molar-refractivity contribution is 6.02. The molecule has 1 aromatic carbocycles. The lowest BCUT2D eigenvalue weighted by atomic mass is 10.00. The number of carboxylic acid groups (broad SMARTS) is 1. The second-order valence-corrected chi connectivity index (χ2v) is 5.45. The molecular weight excluding hydrogens is 272 g/mol. The van der Waals surface area contributed by atoms with Crippen LogP contribution in [0, 0.1) is 0 Å². The number of carboxylic acids is 1. The first kappa shape index (κ1) is 13.6. The SMILES string of the molecule is O=C1Cc2cc(C(=O)N3CCCC[C@@H]3C(=O)O)ccc2N1. The standard InChI is InChI=1S/C15H16N2O4/c18-13-8-10-7-9(4-5-11(10)16-13)14(19)17-6-2-1-3-12(17)15(20)21/h4-5,7,12H,1-3,6,8H2,(H,16,18)(H,20,21)/t12-/m1/s1. The molecule has 0 radical (unpaired) electrons. The molecule has 2 aliphatic rings. The first-order valence-corrected chi connectivity index (χ1v) is 7.03. The molecule has 110 valence electrons. The van der Waals surface area contributed by atoms with Crippen molar-refractivity contribution < 1.29 is 19.5 Å². The number of nitrogens with zero attached hydrogens (tertiary/aromatic N) is 1. The van der Waals surface area contributed by atoms with Crippen LogP contribution in [0.15, 0.2) is 18.2 Å². The van der Waals surface area contributed by atoms with E-state index in [2.05, 4.69) is 5.32 Å². The molecule has 1 saturated heterocycles. The van der Waals surface area contributed by atoms with Crippen LogP contribution in [-0.2, 0) is 16.0 Å². The van der Waals surface area contributed by atoms with E-state index in [1.165, 1.54) is 4.90 Å². The van der Waals surface area contributed by atoms with Gasteiger partial charge in [0.25, 0.3) is 5.91 Å². The number of carbonyl (C=O) groups is 3. The van der Waals surface area contributed by atoms with E-state index in [-0.39, 0.29) is 18.2 Å². The summed E-state index contributed by atoms with van der Waals surface area (Å²) in [5.74, 6) is -1.32. The minimum Gasteiger partial charge on any atom is -0.480 e. The minimum atomic E-state index is -0.957. The van der Waals surface area contributed by atoms with Crippen LogP contribution in [0.3, 0.4) is 0 Å². The van der Waals surface area contributed by atoms with Crippen molar-refractivity contribution in [1.29, 1.82) is 0 Å². The van der Waals surface area contributed by atoms with Crippen molar-refractivity contribution in [1.82, 2.24) is 4.90 Å². The van der Waals surface area contributed by atoms with Crippen LogP contribution >= 0.6 is 0 Å². The Morgan fingerprint density at radius 3 is 2.86 bits per heavy atom. The molecule has 2 amide bonds. The summed E-state index contributed by atoms with van der Waals surface area (Å²) in [4.78, 5) is 36.6. The molecule has 0 bridgehead atoms. The summed E-state index contributed by atoms with van der Waals surface area (Å²) < 4.78 is 0. The number of hydrogen-bond donors (Lipinski definition) is 2. The third kappa shape index (κ3) is 2.49. The fourth-order valence-electron chi connectivity index (χ4n) is 2.96. The van der Waals surface area contributed by atoms with Crippen molar-refractivity contribution in [3.05, 3.63) is 29.3 Å². The van der Waals surface area contributed by atoms with Gasteiger partial charge in [-0.1, -0.05) is 0 Å². The molecule has 0 aromatic heterocycles. The van der Waals surface area contributed by atoms with E-state index in [0.29, 0.717) is 18.5 Å². The van der Waals surface area contributed by atoms with Crippen molar-refractivity contribution in [2.45, 2.75) is 31.7 Å².